The van der Waals surface area contributed by atoms with Crippen LogP contribution in [0.25, 0.3) is 61.9 Å². The van der Waals surface area contributed by atoms with Crippen molar-refractivity contribution in [2.24, 2.45) is 0 Å². The maximum Gasteiger partial charge on any atom is 0.0475 e. The Morgan fingerprint density at radius 1 is 0.425 bits per heavy atom. The van der Waals surface area contributed by atoms with Crippen molar-refractivity contribution in [1.82, 2.24) is 0 Å². The molecule has 4 heterocycles. The molecule has 0 aliphatic heterocycles. The first-order valence-electron chi connectivity index (χ1n) is 13.6. The molecule has 0 aliphatic carbocycles. The average Bonchev–Trinajstić information content (AvgIpc) is 3.69. The van der Waals surface area contributed by atoms with Crippen LogP contribution < -0.4 is 0 Å². The van der Waals surface area contributed by atoms with Crippen molar-refractivity contribution in [1.29, 1.82) is 0 Å². The van der Waals surface area contributed by atoms with Gasteiger partial charge in [0, 0.05) is 60.6 Å². The molecule has 0 spiro atoms. The highest BCUT2D eigenvalue weighted by atomic mass is 32.1. The van der Waals surface area contributed by atoms with E-state index in [0.717, 1.165) is 0 Å². The van der Waals surface area contributed by atoms with Gasteiger partial charge in [-0.1, -0.05) is 59.7 Å². The molecule has 198 valence electrons. The van der Waals surface area contributed by atoms with Crippen molar-refractivity contribution in [3.8, 4) is 41.8 Å². The molecule has 40 heavy (non-hydrogen) atoms. The summed E-state index contributed by atoms with van der Waals surface area (Å²) in [6.45, 7) is 13.3. The maximum absolute atomic E-state index is 2.48. The lowest BCUT2D eigenvalue weighted by atomic mass is 9.92. The van der Waals surface area contributed by atoms with Gasteiger partial charge in [0.2, 0.25) is 0 Å². The number of benzene rings is 3. The van der Waals surface area contributed by atoms with Crippen molar-refractivity contribution in [3.63, 3.8) is 0 Å². The van der Waals surface area contributed by atoms with Crippen LogP contribution in [0.1, 0.15) is 32.0 Å². The lowest BCUT2D eigenvalue weighted by Crippen LogP contribution is -1.86. The minimum Gasteiger partial charge on any atom is -0.139 e. The maximum atomic E-state index is 2.48. The second kappa shape index (κ2) is 9.81. The molecule has 0 fully saturated rings. The predicted molar refractivity (Wildman–Crippen MR) is 183 cm³/mol. The van der Waals surface area contributed by atoms with E-state index in [-0.39, 0.29) is 0 Å². The molecule has 0 aliphatic rings. The molecule has 4 heteroatoms. The quantitative estimate of drug-likeness (QED) is 0.191. The second-order valence-corrected chi connectivity index (χ2v) is 15.5. The molecule has 0 saturated heterocycles. The molecule has 0 atom stereocenters. The normalized spacial score (nSPS) is 11.8. The van der Waals surface area contributed by atoms with Gasteiger partial charge in [-0.25, -0.2) is 0 Å². The van der Waals surface area contributed by atoms with Crippen molar-refractivity contribution in [2.45, 2.75) is 41.5 Å². The van der Waals surface area contributed by atoms with Crippen LogP contribution in [0.4, 0.5) is 0 Å². The summed E-state index contributed by atoms with van der Waals surface area (Å²) in [5.74, 6) is 0. The number of hydrogen-bond donors (Lipinski definition) is 0. The van der Waals surface area contributed by atoms with Crippen molar-refractivity contribution in [3.05, 3.63) is 105 Å². The Bertz CT molecular complexity index is 1830. The molecule has 7 rings (SSSR count). The van der Waals surface area contributed by atoms with Crippen LogP contribution >= 0.6 is 45.3 Å². The first-order chi connectivity index (χ1) is 19.3. The van der Waals surface area contributed by atoms with E-state index in [2.05, 4.69) is 114 Å². The van der Waals surface area contributed by atoms with E-state index in [4.69, 9.17) is 0 Å². The van der Waals surface area contributed by atoms with Crippen LogP contribution in [0.2, 0.25) is 0 Å². The van der Waals surface area contributed by atoms with E-state index < -0.39 is 0 Å². The zero-order valence-electron chi connectivity index (χ0n) is 23.6. The minimum absolute atomic E-state index is 1.29. The van der Waals surface area contributed by atoms with E-state index in [9.17, 15) is 0 Å². The molecule has 0 nitrogen and oxygen atoms in total. The number of fused-ring (bicyclic) bond motifs is 2. The van der Waals surface area contributed by atoms with Crippen molar-refractivity contribution >= 4 is 65.5 Å². The third-order valence-corrected chi connectivity index (χ3v) is 12.6. The lowest BCUT2D eigenvalue weighted by Gasteiger charge is -2.12. The summed E-state index contributed by atoms with van der Waals surface area (Å²) in [5, 5.41) is 2.73. The third kappa shape index (κ3) is 4.29. The monoisotopic (exact) mass is 590 g/mol. The highest BCUT2D eigenvalue weighted by Gasteiger charge is 2.24. The van der Waals surface area contributed by atoms with E-state index >= 15 is 0 Å². The van der Waals surface area contributed by atoms with E-state index in [1.165, 1.54) is 93.9 Å². The Labute approximate surface area is 252 Å². The zero-order chi connectivity index (χ0) is 27.7. The van der Waals surface area contributed by atoms with Gasteiger partial charge in [-0.15, -0.1) is 45.3 Å². The molecule has 4 aromatic heterocycles. The first kappa shape index (κ1) is 25.9. The third-order valence-electron chi connectivity index (χ3n) is 7.67. The molecular formula is C36H30S4. The van der Waals surface area contributed by atoms with Gasteiger partial charge in [0.1, 0.15) is 0 Å². The van der Waals surface area contributed by atoms with Crippen molar-refractivity contribution in [2.75, 3.05) is 0 Å². The van der Waals surface area contributed by atoms with Crippen LogP contribution in [0.5, 0.6) is 0 Å². The fraction of sp³-hybridized carbons (Fsp3) is 0.167. The average molecular weight is 591 g/mol. The van der Waals surface area contributed by atoms with Crippen LogP contribution in [-0.4, -0.2) is 0 Å². The van der Waals surface area contributed by atoms with Gasteiger partial charge in [-0.3, -0.25) is 0 Å². The predicted octanol–water partition coefficient (Wildman–Crippen LogP) is 12.8. The van der Waals surface area contributed by atoms with Gasteiger partial charge in [-0.2, -0.15) is 0 Å². The second-order valence-electron chi connectivity index (χ2n) is 10.9. The summed E-state index contributed by atoms with van der Waals surface area (Å²) < 4.78 is 2.77. The van der Waals surface area contributed by atoms with E-state index in [1.807, 2.05) is 45.3 Å². The largest absolute Gasteiger partial charge is 0.139 e. The van der Waals surface area contributed by atoms with E-state index in [1.54, 1.807) is 0 Å². The number of hydrogen-bond acceptors (Lipinski definition) is 4. The highest BCUT2D eigenvalue weighted by Crippen LogP contribution is 2.53. The van der Waals surface area contributed by atoms with Gasteiger partial charge in [0.25, 0.3) is 0 Å². The molecule has 3 aromatic carbocycles. The van der Waals surface area contributed by atoms with Gasteiger partial charge >= 0.3 is 0 Å². The molecule has 0 unspecified atom stereocenters. The molecule has 0 bridgehead atoms. The Hall–Kier alpha value is -3.02. The molecule has 0 radical (unpaired) electrons. The summed E-state index contributed by atoms with van der Waals surface area (Å²) in [5.41, 5.74) is 10.7. The summed E-state index contributed by atoms with van der Waals surface area (Å²) >= 11 is 7.75. The van der Waals surface area contributed by atoms with Crippen molar-refractivity contribution < 1.29 is 0 Å². The summed E-state index contributed by atoms with van der Waals surface area (Å²) in [6.07, 6.45) is 0. The Morgan fingerprint density at radius 3 is 1.12 bits per heavy atom. The zero-order valence-corrected chi connectivity index (χ0v) is 26.8. The molecule has 0 N–H and O–H groups in total. The molecule has 0 saturated carbocycles. The van der Waals surface area contributed by atoms with Gasteiger partial charge in [0.15, 0.2) is 0 Å². The Morgan fingerprint density at radius 2 is 0.800 bits per heavy atom. The summed E-state index contributed by atoms with van der Waals surface area (Å²) in [4.78, 5) is 8.28. The smallest absolute Gasteiger partial charge is 0.0475 e. The summed E-state index contributed by atoms with van der Waals surface area (Å²) in [7, 11) is 0. The van der Waals surface area contributed by atoms with Gasteiger partial charge in [-0.05, 0) is 88.1 Å². The number of aryl methyl sites for hydroxylation is 6. The van der Waals surface area contributed by atoms with Crippen LogP contribution in [0, 0.1) is 41.5 Å². The van der Waals surface area contributed by atoms with Crippen LogP contribution in [0.15, 0.2) is 72.8 Å². The topological polar surface area (TPSA) is 0 Å². The number of thiophene rings is 4. The van der Waals surface area contributed by atoms with Gasteiger partial charge in [0.05, 0.1) is 0 Å². The van der Waals surface area contributed by atoms with Crippen LogP contribution in [0.3, 0.4) is 0 Å². The SMILES string of the molecule is Cc1ccc(-c2c3cc(-c4sc(C)cc4C)sc3c(-c3ccc(C)cc3)c3cc(-c4sc(C)cc4C)sc23)cc1. The standard InChI is InChI=1S/C36H30S4/c1-19-7-11-25(12-8-19)31-27-17-29(33-21(3)15-23(5)37-33)40-36(27)32(26-13-9-20(2)10-14-26)28-18-30(39-35(28)31)34-22(4)16-24(6)38-34/h7-18H,1-6H3. The van der Waals surface area contributed by atoms with Gasteiger partial charge < -0.3 is 0 Å². The fourth-order valence-electron chi connectivity index (χ4n) is 5.78. The summed E-state index contributed by atoms with van der Waals surface area (Å²) in [6, 6.07) is 27.9. The minimum atomic E-state index is 1.29. The number of rotatable bonds is 4. The Kier molecular flexibility index (Phi) is 6.36. The molecule has 7 aromatic rings. The van der Waals surface area contributed by atoms with Crippen LogP contribution in [-0.2, 0) is 0 Å². The first-order valence-corrected chi connectivity index (χ1v) is 16.9. The molecular weight excluding hydrogens is 561 g/mol. The van der Waals surface area contributed by atoms with E-state index in [0.29, 0.717) is 0 Å². The highest BCUT2D eigenvalue weighted by molar-refractivity contribution is 7.28. The fourth-order valence-corrected chi connectivity index (χ4v) is 10.7. The lowest BCUT2D eigenvalue weighted by molar-refractivity contribution is 1.47. The molecule has 0 amide bonds. The Balaban J connectivity index is 1.64.